The van der Waals surface area contributed by atoms with Gasteiger partial charge in [-0.05, 0) is 78.7 Å². The minimum atomic E-state index is -0.405. The molecule has 1 atom stereocenters. The van der Waals surface area contributed by atoms with E-state index in [1.165, 1.54) is 7.11 Å². The first-order valence-electron chi connectivity index (χ1n) is 11.6. The molecule has 5 nitrogen and oxygen atoms in total. The molecule has 4 aromatic carbocycles. The molecular weight excluding hydrogens is 653 g/mol. The summed E-state index contributed by atoms with van der Waals surface area (Å²) >= 11 is 20.7. The van der Waals surface area contributed by atoms with Gasteiger partial charge >= 0.3 is 5.97 Å². The molecule has 9 heteroatoms. The molecule has 5 rings (SSSR count). The van der Waals surface area contributed by atoms with Crippen molar-refractivity contribution in [2.24, 2.45) is 5.10 Å². The summed E-state index contributed by atoms with van der Waals surface area (Å²) in [6.07, 6.45) is -0.405. The zero-order valence-corrected chi connectivity index (χ0v) is 25.0. The van der Waals surface area contributed by atoms with E-state index in [-0.39, 0.29) is 0 Å². The normalized spacial score (nSPS) is 15.0. The number of amidine groups is 1. The summed E-state index contributed by atoms with van der Waals surface area (Å²) in [5, 5.41) is 7.96. The molecule has 192 valence electrons. The Labute approximate surface area is 247 Å². The summed E-state index contributed by atoms with van der Waals surface area (Å²) in [5.74, 6) is 0.270. The first-order valence-corrected chi connectivity index (χ1v) is 13.9. The molecule has 4 aromatic rings. The second-order valence-electron chi connectivity index (χ2n) is 8.69. The number of halogens is 4. The van der Waals surface area contributed by atoms with Gasteiger partial charge in [0.1, 0.15) is 0 Å². The Balaban J connectivity index is 1.74. The van der Waals surface area contributed by atoms with Gasteiger partial charge in [0.15, 0.2) is 12.0 Å². The SMILES string of the molecule is COC(=O)c1ccc(C2=NN(c3c(Cl)cc(C)cc3Cl)C(c3ccc(Br)cc3)N2c2ccc(Br)cc2)cc1. The number of carbonyl (C=O) groups is 1. The van der Waals surface area contributed by atoms with Crippen LogP contribution >= 0.6 is 55.1 Å². The van der Waals surface area contributed by atoms with Gasteiger partial charge in [-0.2, -0.15) is 5.10 Å². The monoisotopic (exact) mass is 671 g/mol. The highest BCUT2D eigenvalue weighted by Crippen LogP contribution is 2.46. The molecule has 0 saturated carbocycles. The quantitative estimate of drug-likeness (QED) is 0.198. The number of benzene rings is 4. The largest absolute Gasteiger partial charge is 0.465 e. The van der Waals surface area contributed by atoms with E-state index in [4.69, 9.17) is 33.0 Å². The van der Waals surface area contributed by atoms with Gasteiger partial charge in [0.2, 0.25) is 0 Å². The van der Waals surface area contributed by atoms with Crippen molar-refractivity contribution in [3.05, 3.63) is 126 Å². The van der Waals surface area contributed by atoms with Crippen molar-refractivity contribution in [2.45, 2.75) is 13.1 Å². The van der Waals surface area contributed by atoms with Gasteiger partial charge in [-0.1, -0.05) is 79.3 Å². The number of esters is 1. The highest BCUT2D eigenvalue weighted by Gasteiger charge is 2.39. The van der Waals surface area contributed by atoms with Gasteiger partial charge in [-0.25, -0.2) is 9.80 Å². The summed E-state index contributed by atoms with van der Waals surface area (Å²) in [6.45, 7) is 1.95. The third-order valence-electron chi connectivity index (χ3n) is 6.13. The Hall–Kier alpha value is -2.84. The summed E-state index contributed by atoms with van der Waals surface area (Å²) in [7, 11) is 1.36. The molecule has 0 aliphatic carbocycles. The lowest BCUT2D eigenvalue weighted by molar-refractivity contribution is 0.0600. The predicted molar refractivity (Wildman–Crippen MR) is 162 cm³/mol. The van der Waals surface area contributed by atoms with Crippen LogP contribution in [0.5, 0.6) is 0 Å². The highest BCUT2D eigenvalue weighted by molar-refractivity contribution is 9.10. The van der Waals surface area contributed by atoms with Gasteiger partial charge in [-0.3, -0.25) is 4.90 Å². The van der Waals surface area contributed by atoms with E-state index in [9.17, 15) is 4.79 Å². The van der Waals surface area contributed by atoms with Crippen LogP contribution in [0.4, 0.5) is 11.4 Å². The van der Waals surface area contributed by atoms with Crippen LogP contribution in [-0.2, 0) is 4.74 Å². The van der Waals surface area contributed by atoms with Gasteiger partial charge in [0.05, 0.1) is 28.4 Å². The second kappa shape index (κ2) is 11.1. The lowest BCUT2D eigenvalue weighted by atomic mass is 10.1. The number of ether oxygens (including phenoxy) is 1. The van der Waals surface area contributed by atoms with Gasteiger partial charge in [0.25, 0.3) is 0 Å². The Bertz CT molecular complexity index is 1500. The third kappa shape index (κ3) is 5.21. The molecule has 0 aromatic heterocycles. The zero-order chi connectivity index (χ0) is 27.0. The minimum Gasteiger partial charge on any atom is -0.465 e. The first kappa shape index (κ1) is 26.8. The second-order valence-corrected chi connectivity index (χ2v) is 11.3. The number of nitrogens with zero attached hydrogens (tertiary/aromatic N) is 3. The molecule has 0 radical (unpaired) electrons. The van der Waals surface area contributed by atoms with Crippen molar-refractivity contribution in [3.8, 4) is 0 Å². The van der Waals surface area contributed by atoms with Crippen LogP contribution in [0, 0.1) is 6.92 Å². The maximum Gasteiger partial charge on any atom is 0.337 e. The smallest absolute Gasteiger partial charge is 0.337 e. The van der Waals surface area contributed by atoms with Crippen LogP contribution in [0.15, 0.2) is 99.0 Å². The number of hydrazone groups is 1. The number of hydrogen-bond donors (Lipinski definition) is 0. The number of methoxy groups -OCH3 is 1. The molecule has 0 amide bonds. The summed E-state index contributed by atoms with van der Waals surface area (Å²) < 4.78 is 6.80. The summed E-state index contributed by atoms with van der Waals surface area (Å²) in [6, 6.07) is 27.0. The van der Waals surface area contributed by atoms with E-state index in [0.29, 0.717) is 27.1 Å². The van der Waals surface area contributed by atoms with Gasteiger partial charge in [-0.15, -0.1) is 0 Å². The lowest BCUT2D eigenvalue weighted by Crippen LogP contribution is -2.36. The van der Waals surface area contributed by atoms with Crippen LogP contribution in [0.2, 0.25) is 10.0 Å². The topological polar surface area (TPSA) is 45.1 Å². The van der Waals surface area contributed by atoms with E-state index in [0.717, 1.165) is 31.3 Å². The van der Waals surface area contributed by atoms with Crippen LogP contribution in [0.25, 0.3) is 0 Å². The van der Waals surface area contributed by atoms with Crippen LogP contribution in [0.3, 0.4) is 0 Å². The Kier molecular flexibility index (Phi) is 7.82. The number of carbonyl (C=O) groups excluding carboxylic acids is 1. The molecule has 1 heterocycles. The van der Waals surface area contributed by atoms with E-state index in [2.05, 4.69) is 36.8 Å². The van der Waals surface area contributed by atoms with Crippen LogP contribution in [-0.4, -0.2) is 18.9 Å². The van der Waals surface area contributed by atoms with E-state index in [1.807, 2.05) is 84.7 Å². The first-order chi connectivity index (χ1) is 18.3. The fourth-order valence-corrected chi connectivity index (χ4v) is 5.67. The van der Waals surface area contributed by atoms with E-state index >= 15 is 0 Å². The van der Waals surface area contributed by atoms with Crippen molar-refractivity contribution >= 4 is 78.2 Å². The minimum absolute atomic E-state index is 0.401. The molecule has 0 saturated heterocycles. The number of rotatable bonds is 5. The number of aryl methyl sites for hydroxylation is 1. The van der Waals surface area contributed by atoms with Crippen molar-refractivity contribution in [3.63, 3.8) is 0 Å². The Morgan fingerprint density at radius 2 is 1.42 bits per heavy atom. The van der Waals surface area contributed by atoms with Gasteiger partial charge < -0.3 is 4.74 Å². The number of hydrogen-bond acceptors (Lipinski definition) is 5. The summed E-state index contributed by atoms with van der Waals surface area (Å²) in [5.41, 5.74) is 4.72. The standard InChI is InChI=1S/C29H21Br2Cl2N3O2/c1-17-15-24(32)26(25(33)16-17)36-28(19-7-9-21(30)10-8-19)35(23-13-11-22(31)12-14-23)27(34-36)18-3-5-20(6-4-18)29(37)38-2/h3-16,28H,1-2H3. The fraction of sp³-hybridized carbons (Fsp3) is 0.103. The zero-order valence-electron chi connectivity index (χ0n) is 20.3. The third-order valence-corrected chi connectivity index (χ3v) is 7.77. The molecule has 1 aliphatic heterocycles. The maximum absolute atomic E-state index is 12.1. The molecule has 0 N–H and O–H groups in total. The Morgan fingerprint density at radius 3 is 1.97 bits per heavy atom. The van der Waals surface area contributed by atoms with E-state index in [1.54, 1.807) is 12.1 Å². The molecule has 38 heavy (non-hydrogen) atoms. The fourth-order valence-electron chi connectivity index (χ4n) is 4.37. The number of anilines is 2. The Morgan fingerprint density at radius 1 is 0.868 bits per heavy atom. The maximum atomic E-state index is 12.1. The van der Waals surface area contributed by atoms with E-state index < -0.39 is 12.1 Å². The van der Waals surface area contributed by atoms with Crippen LogP contribution < -0.4 is 9.91 Å². The average molecular weight is 674 g/mol. The lowest BCUT2D eigenvalue weighted by Gasteiger charge is -2.33. The molecular formula is C29H21Br2Cl2N3O2. The molecule has 1 aliphatic rings. The van der Waals surface area contributed by atoms with Crippen molar-refractivity contribution < 1.29 is 9.53 Å². The van der Waals surface area contributed by atoms with Gasteiger partial charge in [0, 0.05) is 20.2 Å². The molecule has 0 bridgehead atoms. The average Bonchev–Trinajstić information content (AvgIpc) is 3.28. The highest BCUT2D eigenvalue weighted by atomic mass is 79.9. The van der Waals surface area contributed by atoms with Crippen LogP contribution in [0.1, 0.15) is 33.2 Å². The van der Waals surface area contributed by atoms with Crippen molar-refractivity contribution in [2.75, 3.05) is 17.0 Å². The molecule has 1 unspecified atom stereocenters. The summed E-state index contributed by atoms with van der Waals surface area (Å²) in [4.78, 5) is 14.2. The molecule has 0 fully saturated rings. The molecule has 0 spiro atoms. The van der Waals surface area contributed by atoms with Crippen molar-refractivity contribution in [1.29, 1.82) is 0 Å². The van der Waals surface area contributed by atoms with Crippen molar-refractivity contribution in [1.82, 2.24) is 0 Å². The predicted octanol–water partition coefficient (Wildman–Crippen LogP) is 9.00.